The van der Waals surface area contributed by atoms with E-state index in [-0.39, 0.29) is 0 Å². The minimum atomic E-state index is 0.435. The zero-order valence-corrected chi connectivity index (χ0v) is 8.80. The second-order valence-electron chi connectivity index (χ2n) is 3.04. The van der Waals surface area contributed by atoms with E-state index in [1.54, 1.807) is 0 Å². The number of hydrogen-bond donors (Lipinski definition) is 0. The number of hydrogen-bond acceptors (Lipinski definition) is 2. The molecule has 0 N–H and O–H groups in total. The van der Waals surface area contributed by atoms with E-state index in [0.717, 1.165) is 24.6 Å². The summed E-state index contributed by atoms with van der Waals surface area (Å²) in [6.45, 7) is 0. The molecule has 1 atom stereocenters. The normalized spacial score (nSPS) is 23.6. The maximum atomic E-state index is 11.1. The van der Waals surface area contributed by atoms with Crippen molar-refractivity contribution < 1.29 is 4.79 Å². The SMILES string of the molecule is N#CCC[Se]C1CCCC(=O)C1. The van der Waals surface area contributed by atoms with Crippen LogP contribution in [0.2, 0.25) is 10.1 Å². The third-order valence-corrected chi connectivity index (χ3v) is 4.76. The number of carbonyl (C=O) groups excluding carboxylic acids is 1. The van der Waals surface area contributed by atoms with E-state index >= 15 is 0 Å². The van der Waals surface area contributed by atoms with Gasteiger partial charge in [-0.15, -0.1) is 0 Å². The average molecular weight is 230 g/mol. The van der Waals surface area contributed by atoms with Gasteiger partial charge in [-0.1, -0.05) is 0 Å². The molecule has 1 aliphatic carbocycles. The van der Waals surface area contributed by atoms with Gasteiger partial charge in [0.15, 0.2) is 0 Å². The van der Waals surface area contributed by atoms with Crippen LogP contribution in [-0.4, -0.2) is 20.7 Å². The fraction of sp³-hybridized carbons (Fsp3) is 0.778. The van der Waals surface area contributed by atoms with Crippen molar-refractivity contribution in [2.45, 2.75) is 42.2 Å². The molecule has 1 saturated carbocycles. The summed E-state index contributed by atoms with van der Waals surface area (Å²) < 4.78 is 0. The molecular weight excluding hydrogens is 217 g/mol. The summed E-state index contributed by atoms with van der Waals surface area (Å²) in [5, 5.41) is 9.37. The Bertz CT molecular complexity index is 197. The first-order valence-electron chi connectivity index (χ1n) is 4.33. The zero-order chi connectivity index (χ0) is 8.81. The van der Waals surface area contributed by atoms with Gasteiger partial charge in [0.1, 0.15) is 0 Å². The van der Waals surface area contributed by atoms with Crippen molar-refractivity contribution in [3.05, 3.63) is 0 Å². The van der Waals surface area contributed by atoms with Crippen LogP contribution in [0.5, 0.6) is 0 Å². The molecule has 12 heavy (non-hydrogen) atoms. The molecule has 3 heteroatoms. The molecule has 1 aliphatic rings. The van der Waals surface area contributed by atoms with Gasteiger partial charge in [0.25, 0.3) is 0 Å². The summed E-state index contributed by atoms with van der Waals surface area (Å²) in [7, 11) is 0. The van der Waals surface area contributed by atoms with E-state index in [4.69, 9.17) is 5.26 Å². The van der Waals surface area contributed by atoms with E-state index < -0.39 is 0 Å². The topological polar surface area (TPSA) is 40.9 Å². The summed E-state index contributed by atoms with van der Waals surface area (Å²) in [6.07, 6.45) is 4.57. The van der Waals surface area contributed by atoms with E-state index in [2.05, 4.69) is 6.07 Å². The Kier molecular flexibility index (Phi) is 4.35. The Morgan fingerprint density at radius 1 is 1.67 bits per heavy atom. The molecule has 1 rings (SSSR count). The molecule has 0 spiro atoms. The van der Waals surface area contributed by atoms with E-state index in [1.807, 2.05) is 0 Å². The fourth-order valence-corrected chi connectivity index (χ4v) is 3.87. The number of carbonyl (C=O) groups is 1. The van der Waals surface area contributed by atoms with Crippen LogP contribution < -0.4 is 0 Å². The first-order valence-corrected chi connectivity index (χ1v) is 6.53. The van der Waals surface area contributed by atoms with Gasteiger partial charge in [-0.3, -0.25) is 0 Å². The van der Waals surface area contributed by atoms with Crippen molar-refractivity contribution in [1.82, 2.24) is 0 Å². The van der Waals surface area contributed by atoms with E-state index in [0.29, 0.717) is 32.0 Å². The van der Waals surface area contributed by atoms with Crippen molar-refractivity contribution in [2.75, 3.05) is 0 Å². The Balaban J connectivity index is 2.15. The standard InChI is InChI=1S/C9H13NOSe/c10-5-2-6-12-9-4-1-3-8(11)7-9/h9H,1-4,6-7H2. The van der Waals surface area contributed by atoms with Crippen LogP contribution in [0.15, 0.2) is 0 Å². The third-order valence-electron chi connectivity index (χ3n) is 2.00. The molecule has 1 unspecified atom stereocenters. The van der Waals surface area contributed by atoms with Crippen molar-refractivity contribution in [1.29, 1.82) is 5.26 Å². The van der Waals surface area contributed by atoms with Gasteiger partial charge in [0.05, 0.1) is 0 Å². The van der Waals surface area contributed by atoms with Crippen LogP contribution in [0.4, 0.5) is 0 Å². The summed E-state index contributed by atoms with van der Waals surface area (Å²) in [6, 6.07) is 2.15. The number of nitriles is 1. The predicted molar refractivity (Wildman–Crippen MR) is 48.0 cm³/mol. The van der Waals surface area contributed by atoms with Crippen LogP contribution in [0.25, 0.3) is 0 Å². The summed E-state index contributed by atoms with van der Waals surface area (Å²) in [5.41, 5.74) is 0. The summed E-state index contributed by atoms with van der Waals surface area (Å²) in [4.78, 5) is 11.7. The van der Waals surface area contributed by atoms with Gasteiger partial charge in [-0.25, -0.2) is 0 Å². The molecule has 0 heterocycles. The molecule has 0 bridgehead atoms. The Hall–Kier alpha value is -0.321. The van der Waals surface area contributed by atoms with Crippen LogP contribution in [-0.2, 0) is 4.79 Å². The van der Waals surface area contributed by atoms with Crippen molar-refractivity contribution >= 4 is 20.7 Å². The molecule has 1 fully saturated rings. The Morgan fingerprint density at radius 3 is 3.17 bits per heavy atom. The molecule has 0 aromatic heterocycles. The minimum absolute atomic E-state index is 0.435. The number of nitrogens with zero attached hydrogens (tertiary/aromatic N) is 1. The molecule has 0 aromatic carbocycles. The van der Waals surface area contributed by atoms with Crippen LogP contribution in [0.1, 0.15) is 32.1 Å². The third kappa shape index (κ3) is 3.38. The van der Waals surface area contributed by atoms with Gasteiger partial charge < -0.3 is 0 Å². The van der Waals surface area contributed by atoms with Crippen molar-refractivity contribution in [3.8, 4) is 6.07 Å². The van der Waals surface area contributed by atoms with Gasteiger partial charge in [0, 0.05) is 0 Å². The second kappa shape index (κ2) is 5.35. The summed E-state index contributed by atoms with van der Waals surface area (Å²) >= 11 is 0.534. The molecule has 0 saturated heterocycles. The van der Waals surface area contributed by atoms with E-state index in [9.17, 15) is 4.79 Å². The first kappa shape index (κ1) is 9.77. The van der Waals surface area contributed by atoms with Crippen LogP contribution >= 0.6 is 0 Å². The maximum absolute atomic E-state index is 11.1. The fourth-order valence-electron chi connectivity index (χ4n) is 1.40. The van der Waals surface area contributed by atoms with E-state index in [1.165, 1.54) is 6.42 Å². The number of Topliss-reactive ketones (excluding diaryl/α,β-unsaturated/α-hetero) is 1. The molecular formula is C9H13NOSe. The van der Waals surface area contributed by atoms with Gasteiger partial charge in [-0.2, -0.15) is 0 Å². The van der Waals surface area contributed by atoms with Gasteiger partial charge >= 0.3 is 79.1 Å². The molecule has 0 radical (unpaired) electrons. The quantitative estimate of drug-likeness (QED) is 0.549. The number of rotatable bonds is 3. The van der Waals surface area contributed by atoms with Crippen molar-refractivity contribution in [2.24, 2.45) is 0 Å². The average Bonchev–Trinajstić information content (AvgIpc) is 2.05. The first-order chi connectivity index (χ1) is 5.83. The zero-order valence-electron chi connectivity index (χ0n) is 7.08. The van der Waals surface area contributed by atoms with Gasteiger partial charge in [0.2, 0.25) is 0 Å². The monoisotopic (exact) mass is 231 g/mol. The predicted octanol–water partition coefficient (Wildman–Crippen LogP) is 1.95. The Labute approximate surface area is 79.5 Å². The molecule has 66 valence electrons. The van der Waals surface area contributed by atoms with Crippen LogP contribution in [0, 0.1) is 11.3 Å². The molecule has 0 aromatic rings. The van der Waals surface area contributed by atoms with Crippen molar-refractivity contribution in [3.63, 3.8) is 0 Å². The molecule has 2 nitrogen and oxygen atoms in total. The molecule has 0 aliphatic heterocycles. The number of ketones is 1. The van der Waals surface area contributed by atoms with Gasteiger partial charge in [-0.05, 0) is 0 Å². The van der Waals surface area contributed by atoms with Crippen LogP contribution in [0.3, 0.4) is 0 Å². The summed E-state index contributed by atoms with van der Waals surface area (Å²) in [5.74, 6) is 0.435. The molecule has 0 amide bonds. The second-order valence-corrected chi connectivity index (χ2v) is 5.99. The Morgan fingerprint density at radius 2 is 2.50 bits per heavy atom.